The van der Waals surface area contributed by atoms with Crippen LogP contribution < -0.4 is 0 Å². The summed E-state index contributed by atoms with van der Waals surface area (Å²) in [5, 5.41) is 0. The summed E-state index contributed by atoms with van der Waals surface area (Å²) in [5.74, 6) is 0.628. The number of ether oxygens (including phenoxy) is 2. The smallest absolute Gasteiger partial charge is 0.306 e. The maximum atomic E-state index is 11.6. The molecule has 0 saturated heterocycles. The van der Waals surface area contributed by atoms with Crippen LogP contribution in [-0.2, 0) is 19.1 Å². The molecule has 0 spiro atoms. The fourth-order valence-corrected chi connectivity index (χ4v) is 2.04. The lowest BCUT2D eigenvalue weighted by atomic mass is 10.1. The van der Waals surface area contributed by atoms with Crippen molar-refractivity contribution in [1.82, 2.24) is 0 Å². The number of hydrogen-bond donors (Lipinski definition) is 0. The van der Waals surface area contributed by atoms with Crippen LogP contribution in [0.3, 0.4) is 0 Å². The predicted molar refractivity (Wildman–Crippen MR) is 83.9 cm³/mol. The van der Waals surface area contributed by atoms with Crippen molar-refractivity contribution in [2.75, 3.05) is 6.61 Å². The lowest BCUT2D eigenvalue weighted by Gasteiger charge is -2.15. The van der Waals surface area contributed by atoms with Gasteiger partial charge >= 0.3 is 11.9 Å². The molecule has 1 atom stereocenters. The summed E-state index contributed by atoms with van der Waals surface area (Å²) in [6.45, 7) is 10.7. The molecule has 0 radical (unpaired) electrons. The maximum absolute atomic E-state index is 11.6. The number of carbonyl (C=O) groups excluding carboxylic acids is 2. The Bertz CT molecular complexity index is 297. The van der Waals surface area contributed by atoms with Crippen LogP contribution in [0, 0.1) is 11.8 Å². The fourth-order valence-electron chi connectivity index (χ4n) is 2.04. The number of carbonyl (C=O) groups is 2. The molecule has 0 aliphatic heterocycles. The molecule has 0 aromatic heterocycles. The largest absolute Gasteiger partial charge is 0.465 e. The highest BCUT2D eigenvalue weighted by Gasteiger charge is 2.11. The molecular weight excluding hydrogens is 268 g/mol. The van der Waals surface area contributed by atoms with E-state index >= 15 is 0 Å². The van der Waals surface area contributed by atoms with Crippen LogP contribution in [0.5, 0.6) is 0 Å². The van der Waals surface area contributed by atoms with E-state index in [-0.39, 0.29) is 18.0 Å². The van der Waals surface area contributed by atoms with Crippen LogP contribution in [0.25, 0.3) is 0 Å². The quantitative estimate of drug-likeness (QED) is 0.425. The standard InChI is InChI=1S/C17H32O4/c1-13(2)11-15(5)21-17(19)10-8-6-7-9-16(18)20-12-14(3)4/h13-15H,6-12H2,1-5H3. The zero-order valence-corrected chi connectivity index (χ0v) is 14.3. The minimum absolute atomic E-state index is 0.0106. The second-order valence-corrected chi connectivity index (χ2v) is 6.57. The van der Waals surface area contributed by atoms with Gasteiger partial charge in [-0.25, -0.2) is 0 Å². The number of hydrogen-bond acceptors (Lipinski definition) is 4. The Hall–Kier alpha value is -1.06. The Morgan fingerprint density at radius 2 is 1.38 bits per heavy atom. The number of rotatable bonds is 11. The molecule has 4 heteroatoms. The first-order valence-corrected chi connectivity index (χ1v) is 8.16. The molecule has 0 rings (SSSR count). The molecule has 124 valence electrons. The van der Waals surface area contributed by atoms with Gasteiger partial charge in [-0.15, -0.1) is 0 Å². The van der Waals surface area contributed by atoms with E-state index in [1.807, 2.05) is 20.8 Å². The second-order valence-electron chi connectivity index (χ2n) is 6.57. The summed E-state index contributed by atoms with van der Waals surface area (Å²) in [6.07, 6.45) is 4.15. The van der Waals surface area contributed by atoms with Gasteiger partial charge in [-0.2, -0.15) is 0 Å². The van der Waals surface area contributed by atoms with E-state index in [1.165, 1.54) is 0 Å². The average Bonchev–Trinajstić information content (AvgIpc) is 2.34. The van der Waals surface area contributed by atoms with Gasteiger partial charge in [0.2, 0.25) is 0 Å². The summed E-state index contributed by atoms with van der Waals surface area (Å²) in [4.78, 5) is 23.0. The van der Waals surface area contributed by atoms with Crippen molar-refractivity contribution in [3.63, 3.8) is 0 Å². The Labute approximate surface area is 129 Å². The Morgan fingerprint density at radius 3 is 1.90 bits per heavy atom. The predicted octanol–water partition coefficient (Wildman–Crippen LogP) is 4.11. The van der Waals surface area contributed by atoms with Gasteiger partial charge in [0.1, 0.15) is 0 Å². The maximum Gasteiger partial charge on any atom is 0.306 e. The molecule has 0 amide bonds. The van der Waals surface area contributed by atoms with Crippen LogP contribution in [0.1, 0.15) is 73.1 Å². The third kappa shape index (κ3) is 13.7. The molecule has 0 saturated carbocycles. The highest BCUT2D eigenvalue weighted by Crippen LogP contribution is 2.10. The van der Waals surface area contributed by atoms with Gasteiger partial charge in [-0.05, 0) is 38.0 Å². The highest BCUT2D eigenvalue weighted by atomic mass is 16.5. The lowest BCUT2D eigenvalue weighted by Crippen LogP contribution is -2.16. The molecule has 0 aromatic carbocycles. The van der Waals surface area contributed by atoms with Crippen LogP contribution >= 0.6 is 0 Å². The first kappa shape index (κ1) is 19.9. The van der Waals surface area contributed by atoms with Crippen LogP contribution in [-0.4, -0.2) is 24.6 Å². The topological polar surface area (TPSA) is 52.6 Å². The van der Waals surface area contributed by atoms with Gasteiger partial charge in [0.05, 0.1) is 12.7 Å². The molecule has 0 aliphatic carbocycles. The van der Waals surface area contributed by atoms with Gasteiger partial charge in [-0.3, -0.25) is 9.59 Å². The Balaban J connectivity index is 3.53. The van der Waals surface area contributed by atoms with Crippen molar-refractivity contribution >= 4 is 11.9 Å². The highest BCUT2D eigenvalue weighted by molar-refractivity contribution is 5.70. The zero-order valence-electron chi connectivity index (χ0n) is 14.3. The monoisotopic (exact) mass is 300 g/mol. The Morgan fingerprint density at radius 1 is 0.810 bits per heavy atom. The molecule has 21 heavy (non-hydrogen) atoms. The van der Waals surface area contributed by atoms with Gasteiger partial charge in [0.25, 0.3) is 0 Å². The van der Waals surface area contributed by atoms with Crippen molar-refractivity contribution < 1.29 is 19.1 Å². The van der Waals surface area contributed by atoms with Crippen molar-refractivity contribution in [1.29, 1.82) is 0 Å². The van der Waals surface area contributed by atoms with Crippen LogP contribution in [0.2, 0.25) is 0 Å². The first-order chi connectivity index (χ1) is 9.81. The van der Waals surface area contributed by atoms with Crippen molar-refractivity contribution in [2.45, 2.75) is 79.2 Å². The van der Waals surface area contributed by atoms with Gasteiger partial charge in [-0.1, -0.05) is 34.1 Å². The van der Waals surface area contributed by atoms with E-state index in [4.69, 9.17) is 9.47 Å². The molecular formula is C17H32O4. The number of unbranched alkanes of at least 4 members (excludes halogenated alkanes) is 2. The SMILES string of the molecule is CC(C)COC(=O)CCCCCC(=O)OC(C)CC(C)C. The van der Waals surface area contributed by atoms with E-state index in [1.54, 1.807) is 0 Å². The average molecular weight is 300 g/mol. The molecule has 0 N–H and O–H groups in total. The molecule has 0 aromatic rings. The molecule has 0 aliphatic rings. The van der Waals surface area contributed by atoms with Crippen molar-refractivity contribution in [2.24, 2.45) is 11.8 Å². The summed E-state index contributed by atoms with van der Waals surface area (Å²) < 4.78 is 10.4. The molecule has 4 nitrogen and oxygen atoms in total. The third-order valence-corrected chi connectivity index (χ3v) is 2.98. The van der Waals surface area contributed by atoms with E-state index in [0.29, 0.717) is 31.3 Å². The van der Waals surface area contributed by atoms with Crippen molar-refractivity contribution in [3.05, 3.63) is 0 Å². The van der Waals surface area contributed by atoms with Crippen LogP contribution in [0.4, 0.5) is 0 Å². The minimum atomic E-state index is -0.142. The van der Waals surface area contributed by atoms with E-state index in [2.05, 4.69) is 13.8 Å². The number of esters is 2. The molecule has 0 heterocycles. The molecule has 0 fully saturated rings. The second kappa shape index (κ2) is 11.6. The van der Waals surface area contributed by atoms with Gasteiger partial charge in [0.15, 0.2) is 0 Å². The normalized spacial score (nSPS) is 12.5. The lowest BCUT2D eigenvalue weighted by molar-refractivity contribution is -0.149. The minimum Gasteiger partial charge on any atom is -0.465 e. The summed E-state index contributed by atoms with van der Waals surface area (Å²) >= 11 is 0. The Kier molecular flexibility index (Phi) is 11.0. The van der Waals surface area contributed by atoms with Crippen molar-refractivity contribution in [3.8, 4) is 0 Å². The van der Waals surface area contributed by atoms with Gasteiger partial charge in [0, 0.05) is 12.8 Å². The summed E-state index contributed by atoms with van der Waals surface area (Å²) in [7, 11) is 0. The van der Waals surface area contributed by atoms with E-state index in [9.17, 15) is 9.59 Å². The molecule has 1 unspecified atom stereocenters. The summed E-state index contributed by atoms with van der Waals surface area (Å²) in [5.41, 5.74) is 0. The first-order valence-electron chi connectivity index (χ1n) is 8.16. The van der Waals surface area contributed by atoms with Gasteiger partial charge < -0.3 is 9.47 Å². The van der Waals surface area contributed by atoms with E-state index in [0.717, 1.165) is 25.7 Å². The zero-order chi connectivity index (χ0) is 16.3. The van der Waals surface area contributed by atoms with Crippen LogP contribution in [0.15, 0.2) is 0 Å². The summed E-state index contributed by atoms with van der Waals surface area (Å²) in [6, 6.07) is 0. The third-order valence-electron chi connectivity index (χ3n) is 2.98. The van der Waals surface area contributed by atoms with E-state index < -0.39 is 0 Å². The molecule has 0 bridgehead atoms. The fraction of sp³-hybridized carbons (Fsp3) is 0.882.